The zero-order valence-electron chi connectivity index (χ0n) is 13.5. The van der Waals surface area contributed by atoms with E-state index in [1.807, 2.05) is 0 Å². The molecule has 0 radical (unpaired) electrons. The minimum atomic E-state index is -0.252. The largest absolute Gasteiger partial charge is 0.497 e. The predicted octanol–water partition coefficient (Wildman–Crippen LogP) is 1.81. The first-order valence-electron chi connectivity index (χ1n) is 7.28. The van der Waals surface area contributed by atoms with Gasteiger partial charge in [0.1, 0.15) is 23.4 Å². The number of nitrogens with one attached hydrogen (secondary N) is 2. The summed E-state index contributed by atoms with van der Waals surface area (Å²) in [5.74, 6) is 1.30. The van der Waals surface area contributed by atoms with Crippen molar-refractivity contribution in [2.75, 3.05) is 32.6 Å². The standard InChI is InChI=1S/C17H18N4O3/c1-23-13-5-6-14(15(10-13)24-2)17(22)21-9-8-20-16-12(11-18)4-3-7-19-16/h3-7,10H,8-9H2,1-2H3,(H,19,20)(H,21,22). The van der Waals surface area contributed by atoms with E-state index < -0.39 is 0 Å². The third kappa shape index (κ3) is 4.14. The van der Waals surface area contributed by atoms with Gasteiger partial charge in [0.15, 0.2) is 0 Å². The first-order chi connectivity index (χ1) is 11.7. The molecule has 2 N–H and O–H groups in total. The normalized spacial score (nSPS) is 9.71. The molecule has 24 heavy (non-hydrogen) atoms. The van der Waals surface area contributed by atoms with Crippen LogP contribution in [0.15, 0.2) is 36.5 Å². The summed E-state index contributed by atoms with van der Waals surface area (Å²) in [4.78, 5) is 16.3. The maximum Gasteiger partial charge on any atom is 0.255 e. The molecule has 0 spiro atoms. The van der Waals surface area contributed by atoms with Crippen molar-refractivity contribution in [3.8, 4) is 17.6 Å². The number of carbonyl (C=O) groups is 1. The number of pyridine rings is 1. The Morgan fingerprint density at radius 3 is 2.79 bits per heavy atom. The van der Waals surface area contributed by atoms with E-state index in [1.165, 1.54) is 7.11 Å². The fourth-order valence-corrected chi connectivity index (χ4v) is 2.07. The van der Waals surface area contributed by atoms with Crippen LogP contribution in [0.1, 0.15) is 15.9 Å². The fraction of sp³-hybridized carbons (Fsp3) is 0.235. The van der Waals surface area contributed by atoms with Crippen LogP contribution >= 0.6 is 0 Å². The Labute approximate surface area is 140 Å². The number of hydrogen-bond donors (Lipinski definition) is 2. The second-order valence-corrected chi connectivity index (χ2v) is 4.76. The Morgan fingerprint density at radius 1 is 1.25 bits per heavy atom. The lowest BCUT2D eigenvalue weighted by Crippen LogP contribution is -2.29. The Bertz CT molecular complexity index is 756. The molecule has 0 aliphatic heterocycles. The van der Waals surface area contributed by atoms with Crippen LogP contribution in [-0.4, -0.2) is 38.2 Å². The van der Waals surface area contributed by atoms with E-state index in [9.17, 15) is 4.79 Å². The number of anilines is 1. The molecule has 0 saturated heterocycles. The molecule has 0 unspecified atom stereocenters. The van der Waals surface area contributed by atoms with Gasteiger partial charge in [-0.05, 0) is 24.3 Å². The van der Waals surface area contributed by atoms with E-state index in [-0.39, 0.29) is 5.91 Å². The number of amides is 1. The minimum absolute atomic E-state index is 0.252. The second-order valence-electron chi connectivity index (χ2n) is 4.76. The number of ether oxygens (including phenoxy) is 2. The molecule has 7 heteroatoms. The molecule has 7 nitrogen and oxygen atoms in total. The van der Waals surface area contributed by atoms with Crippen LogP contribution in [0.3, 0.4) is 0 Å². The fourth-order valence-electron chi connectivity index (χ4n) is 2.07. The lowest BCUT2D eigenvalue weighted by atomic mass is 10.1. The van der Waals surface area contributed by atoms with Crippen LogP contribution in [0, 0.1) is 11.3 Å². The summed E-state index contributed by atoms with van der Waals surface area (Å²) in [7, 11) is 3.05. The van der Waals surface area contributed by atoms with E-state index in [2.05, 4.69) is 21.7 Å². The van der Waals surface area contributed by atoms with E-state index in [0.717, 1.165) is 0 Å². The Hall–Kier alpha value is -3.27. The first kappa shape index (κ1) is 17.1. The Kier molecular flexibility index (Phi) is 5.97. The number of rotatable bonds is 7. The molecule has 0 saturated carbocycles. The number of benzene rings is 1. The molecule has 0 bridgehead atoms. The van der Waals surface area contributed by atoms with Gasteiger partial charge < -0.3 is 20.1 Å². The maximum atomic E-state index is 12.2. The van der Waals surface area contributed by atoms with Gasteiger partial charge in [-0.25, -0.2) is 4.98 Å². The van der Waals surface area contributed by atoms with E-state index in [1.54, 1.807) is 43.6 Å². The average molecular weight is 326 g/mol. The Morgan fingerprint density at radius 2 is 2.08 bits per heavy atom. The van der Waals surface area contributed by atoms with Gasteiger partial charge in [-0.15, -0.1) is 0 Å². The van der Waals surface area contributed by atoms with Crippen molar-refractivity contribution in [3.63, 3.8) is 0 Å². The van der Waals surface area contributed by atoms with Crippen LogP contribution in [0.4, 0.5) is 5.82 Å². The third-order valence-corrected chi connectivity index (χ3v) is 3.28. The van der Waals surface area contributed by atoms with Crippen LogP contribution in [-0.2, 0) is 0 Å². The molecule has 1 amide bonds. The van der Waals surface area contributed by atoms with Crippen LogP contribution < -0.4 is 20.1 Å². The highest BCUT2D eigenvalue weighted by Gasteiger charge is 2.12. The third-order valence-electron chi connectivity index (χ3n) is 3.28. The zero-order valence-corrected chi connectivity index (χ0v) is 13.5. The molecular formula is C17H18N4O3. The van der Waals surface area contributed by atoms with Gasteiger partial charge >= 0.3 is 0 Å². The SMILES string of the molecule is COc1ccc(C(=O)NCCNc2ncccc2C#N)c(OC)c1. The number of hydrogen-bond acceptors (Lipinski definition) is 6. The van der Waals surface area contributed by atoms with E-state index in [0.29, 0.717) is 41.5 Å². The number of methoxy groups -OCH3 is 2. The van der Waals surface area contributed by atoms with E-state index in [4.69, 9.17) is 14.7 Å². The van der Waals surface area contributed by atoms with Crippen LogP contribution in [0.5, 0.6) is 11.5 Å². The molecule has 0 aliphatic carbocycles. The van der Waals surface area contributed by atoms with Gasteiger partial charge in [0.05, 0.1) is 25.3 Å². The van der Waals surface area contributed by atoms with Gasteiger partial charge in [-0.1, -0.05) is 0 Å². The average Bonchev–Trinajstić information content (AvgIpc) is 2.64. The molecular weight excluding hydrogens is 308 g/mol. The van der Waals surface area contributed by atoms with Gasteiger partial charge in [0, 0.05) is 25.4 Å². The quantitative estimate of drug-likeness (QED) is 0.753. The summed E-state index contributed by atoms with van der Waals surface area (Å²) in [5.41, 5.74) is 0.884. The van der Waals surface area contributed by atoms with Gasteiger partial charge in [-0.3, -0.25) is 4.79 Å². The molecule has 124 valence electrons. The van der Waals surface area contributed by atoms with Crippen molar-refractivity contribution in [2.45, 2.75) is 0 Å². The summed E-state index contributed by atoms with van der Waals surface area (Å²) in [6.45, 7) is 0.811. The summed E-state index contributed by atoms with van der Waals surface area (Å²) in [5, 5.41) is 14.8. The highest BCUT2D eigenvalue weighted by Crippen LogP contribution is 2.24. The van der Waals surface area contributed by atoms with Crippen molar-refractivity contribution in [1.29, 1.82) is 5.26 Å². The highest BCUT2D eigenvalue weighted by molar-refractivity contribution is 5.97. The maximum absolute atomic E-state index is 12.2. The summed E-state index contributed by atoms with van der Waals surface area (Å²) < 4.78 is 10.3. The summed E-state index contributed by atoms with van der Waals surface area (Å²) in [6, 6.07) is 10.4. The smallest absolute Gasteiger partial charge is 0.255 e. The summed E-state index contributed by atoms with van der Waals surface area (Å²) in [6.07, 6.45) is 1.60. The minimum Gasteiger partial charge on any atom is -0.497 e. The van der Waals surface area contributed by atoms with E-state index >= 15 is 0 Å². The van der Waals surface area contributed by atoms with Gasteiger partial charge in [0.2, 0.25) is 0 Å². The van der Waals surface area contributed by atoms with Crippen molar-refractivity contribution in [1.82, 2.24) is 10.3 Å². The van der Waals surface area contributed by atoms with Crippen LogP contribution in [0.25, 0.3) is 0 Å². The lowest BCUT2D eigenvalue weighted by molar-refractivity contribution is 0.0952. The molecule has 1 aromatic carbocycles. The van der Waals surface area contributed by atoms with Crippen molar-refractivity contribution in [3.05, 3.63) is 47.7 Å². The first-order valence-corrected chi connectivity index (χ1v) is 7.28. The van der Waals surface area contributed by atoms with Gasteiger partial charge in [-0.2, -0.15) is 5.26 Å². The lowest BCUT2D eigenvalue weighted by Gasteiger charge is -2.11. The van der Waals surface area contributed by atoms with Crippen molar-refractivity contribution in [2.24, 2.45) is 0 Å². The van der Waals surface area contributed by atoms with Crippen LogP contribution in [0.2, 0.25) is 0 Å². The molecule has 0 aliphatic rings. The van der Waals surface area contributed by atoms with Crippen molar-refractivity contribution < 1.29 is 14.3 Å². The summed E-state index contributed by atoms with van der Waals surface area (Å²) >= 11 is 0. The highest BCUT2D eigenvalue weighted by atomic mass is 16.5. The number of carbonyl (C=O) groups excluding carboxylic acids is 1. The molecule has 1 aromatic heterocycles. The Balaban J connectivity index is 1.91. The number of nitriles is 1. The molecule has 0 fully saturated rings. The molecule has 1 heterocycles. The molecule has 0 atom stereocenters. The molecule has 2 rings (SSSR count). The van der Waals surface area contributed by atoms with Crippen molar-refractivity contribution >= 4 is 11.7 Å². The monoisotopic (exact) mass is 326 g/mol. The van der Waals surface area contributed by atoms with Gasteiger partial charge in [0.25, 0.3) is 5.91 Å². The second kappa shape index (κ2) is 8.39. The predicted molar refractivity (Wildman–Crippen MR) is 89.3 cm³/mol. The topological polar surface area (TPSA) is 96.3 Å². The molecule has 2 aromatic rings. The zero-order chi connectivity index (χ0) is 17.4. The number of aromatic nitrogens is 1. The number of nitrogens with zero attached hydrogens (tertiary/aromatic N) is 2.